The smallest absolute Gasteiger partial charge is 0.286 e. The third kappa shape index (κ3) is 4.56. The van der Waals surface area contributed by atoms with Gasteiger partial charge in [-0.1, -0.05) is 12.1 Å². The first-order valence-corrected chi connectivity index (χ1v) is 11.7. The molecule has 0 radical (unpaired) electrons. The Morgan fingerprint density at radius 2 is 1.86 bits per heavy atom. The third-order valence-corrected chi connectivity index (χ3v) is 6.94. The van der Waals surface area contributed by atoms with Crippen LogP contribution in [0.3, 0.4) is 0 Å². The second-order valence-corrected chi connectivity index (χ2v) is 10.0. The van der Waals surface area contributed by atoms with E-state index < -0.39 is 10.0 Å². The highest BCUT2D eigenvalue weighted by Gasteiger charge is 2.32. The lowest BCUT2D eigenvalue weighted by atomic mass is 10.1. The van der Waals surface area contributed by atoms with Crippen molar-refractivity contribution in [3.63, 3.8) is 0 Å². The maximum atomic E-state index is 12.8. The maximum Gasteiger partial charge on any atom is 0.286 e. The normalized spacial score (nSPS) is 15.7. The highest BCUT2D eigenvalue weighted by molar-refractivity contribution is 8.13. The van der Waals surface area contributed by atoms with Gasteiger partial charge in [0, 0.05) is 30.6 Å². The summed E-state index contributed by atoms with van der Waals surface area (Å²) in [4.78, 5) is 26.9. The van der Waals surface area contributed by atoms with E-state index in [1.54, 1.807) is 56.6 Å². The van der Waals surface area contributed by atoms with Crippen molar-refractivity contribution in [1.82, 2.24) is 4.90 Å². The van der Waals surface area contributed by atoms with Gasteiger partial charge in [0.2, 0.25) is 10.0 Å². The van der Waals surface area contributed by atoms with Crippen LogP contribution in [0.1, 0.15) is 22.8 Å². The lowest BCUT2D eigenvalue weighted by molar-refractivity contribution is 0.102. The van der Waals surface area contributed by atoms with Gasteiger partial charge in [-0.15, -0.1) is 0 Å². The van der Waals surface area contributed by atoms with Crippen LogP contribution >= 0.6 is 11.8 Å². The lowest BCUT2D eigenvalue weighted by Gasteiger charge is -2.22. The van der Waals surface area contributed by atoms with E-state index in [2.05, 4.69) is 5.32 Å². The molecule has 3 rings (SSSR count). The summed E-state index contributed by atoms with van der Waals surface area (Å²) in [6.07, 6.45) is 1.73. The molecule has 0 fully saturated rings. The van der Waals surface area contributed by atoms with Crippen molar-refractivity contribution in [2.45, 2.75) is 24.3 Å². The van der Waals surface area contributed by atoms with Crippen molar-refractivity contribution < 1.29 is 18.0 Å². The monoisotopic (exact) mass is 433 g/mol. The van der Waals surface area contributed by atoms with Crippen LogP contribution in [-0.4, -0.2) is 50.9 Å². The van der Waals surface area contributed by atoms with Crippen molar-refractivity contribution in [1.29, 1.82) is 0 Å². The van der Waals surface area contributed by atoms with Crippen LogP contribution in [-0.2, 0) is 16.4 Å². The van der Waals surface area contributed by atoms with E-state index in [1.165, 1.54) is 15.5 Å². The molecule has 1 atom stereocenters. The number of nitrogens with zero attached hydrogens (tertiary/aromatic N) is 2. The molecular formula is C20H23N3O4S2. The van der Waals surface area contributed by atoms with Crippen LogP contribution in [0.25, 0.3) is 0 Å². The molecule has 1 aliphatic rings. The molecule has 0 saturated carbocycles. The molecule has 2 aromatic rings. The first kappa shape index (κ1) is 21.2. The average molecular weight is 434 g/mol. The number of carbonyl (C=O) groups is 2. The number of carbonyl (C=O) groups excluding carboxylic acids is 2. The Hall–Kier alpha value is -2.52. The van der Waals surface area contributed by atoms with E-state index in [9.17, 15) is 18.0 Å². The van der Waals surface area contributed by atoms with Crippen LogP contribution in [0.15, 0.2) is 47.4 Å². The lowest BCUT2D eigenvalue weighted by Crippen LogP contribution is -2.34. The van der Waals surface area contributed by atoms with Crippen LogP contribution in [0.2, 0.25) is 0 Å². The van der Waals surface area contributed by atoms with E-state index in [0.717, 1.165) is 17.3 Å². The highest BCUT2D eigenvalue weighted by Crippen LogP contribution is 2.35. The van der Waals surface area contributed by atoms with Gasteiger partial charge in [0.15, 0.2) is 0 Å². The zero-order valence-corrected chi connectivity index (χ0v) is 18.3. The Morgan fingerprint density at radius 1 is 1.17 bits per heavy atom. The minimum Gasteiger partial charge on any atom is -0.339 e. The van der Waals surface area contributed by atoms with Crippen LogP contribution < -0.4 is 9.62 Å². The van der Waals surface area contributed by atoms with Crippen molar-refractivity contribution in [2.24, 2.45) is 0 Å². The summed E-state index contributed by atoms with van der Waals surface area (Å²) >= 11 is 1.04. The molecule has 154 valence electrons. The molecule has 0 aromatic heterocycles. The van der Waals surface area contributed by atoms with Crippen LogP contribution in [0.4, 0.5) is 16.2 Å². The highest BCUT2D eigenvalue weighted by atomic mass is 32.2. The maximum absolute atomic E-state index is 12.8. The number of hydrogen-bond donors (Lipinski definition) is 1. The Bertz CT molecular complexity index is 1070. The number of thioether (sulfide) groups is 1. The SMILES string of the molecule is CC1Cc2cc(C(=O)Nc3ccccc3SC(=O)N(C)C)ccc2N1S(C)(=O)=O. The molecule has 0 spiro atoms. The average Bonchev–Trinajstić information content (AvgIpc) is 2.98. The Labute approximate surface area is 175 Å². The molecular weight excluding hydrogens is 410 g/mol. The number of anilines is 2. The fraction of sp³-hybridized carbons (Fsp3) is 0.300. The number of hydrogen-bond acceptors (Lipinski definition) is 5. The second kappa shape index (κ2) is 8.08. The molecule has 2 aromatic carbocycles. The molecule has 29 heavy (non-hydrogen) atoms. The van der Waals surface area contributed by atoms with Crippen LogP contribution in [0.5, 0.6) is 0 Å². The summed E-state index contributed by atoms with van der Waals surface area (Å²) in [7, 11) is -0.0399. The van der Waals surface area contributed by atoms with Crippen molar-refractivity contribution in [2.75, 3.05) is 30.0 Å². The van der Waals surface area contributed by atoms with Gasteiger partial charge in [0.25, 0.3) is 11.1 Å². The molecule has 9 heteroatoms. The topological polar surface area (TPSA) is 86.8 Å². The van der Waals surface area contributed by atoms with Crippen molar-refractivity contribution in [3.8, 4) is 0 Å². The number of nitrogens with one attached hydrogen (secondary N) is 1. The zero-order valence-electron chi connectivity index (χ0n) is 16.7. The van der Waals surface area contributed by atoms with E-state index >= 15 is 0 Å². The third-order valence-electron chi connectivity index (χ3n) is 4.55. The fourth-order valence-electron chi connectivity index (χ4n) is 3.29. The number of rotatable bonds is 4. The van der Waals surface area contributed by atoms with Gasteiger partial charge < -0.3 is 10.2 Å². The summed E-state index contributed by atoms with van der Waals surface area (Å²) in [5.41, 5.74) is 2.42. The van der Waals surface area contributed by atoms with E-state index in [4.69, 9.17) is 0 Å². The summed E-state index contributed by atoms with van der Waals surface area (Å²) in [5.74, 6) is -0.316. The number of sulfonamides is 1. The molecule has 0 saturated heterocycles. The minimum atomic E-state index is -3.38. The quantitative estimate of drug-likeness (QED) is 0.747. The van der Waals surface area contributed by atoms with Gasteiger partial charge in [-0.3, -0.25) is 13.9 Å². The van der Waals surface area contributed by atoms with Gasteiger partial charge in [0.1, 0.15) is 0 Å². The first-order chi connectivity index (χ1) is 13.6. The van der Waals surface area contributed by atoms with Gasteiger partial charge in [-0.05, 0) is 61.0 Å². The summed E-state index contributed by atoms with van der Waals surface area (Å²) in [6.45, 7) is 1.84. The predicted molar refractivity (Wildman–Crippen MR) is 116 cm³/mol. The summed E-state index contributed by atoms with van der Waals surface area (Å²) in [6, 6.07) is 11.9. The molecule has 1 aliphatic heterocycles. The van der Waals surface area contributed by atoms with Gasteiger partial charge in [-0.25, -0.2) is 8.42 Å². The molecule has 7 nitrogen and oxygen atoms in total. The number of fused-ring (bicyclic) bond motifs is 1. The molecule has 2 amide bonds. The summed E-state index contributed by atoms with van der Waals surface area (Å²) in [5, 5.41) is 2.71. The number of amides is 2. The van der Waals surface area contributed by atoms with E-state index in [-0.39, 0.29) is 17.2 Å². The Balaban J connectivity index is 1.84. The van der Waals surface area contributed by atoms with E-state index in [1.807, 2.05) is 6.92 Å². The molecule has 1 heterocycles. The minimum absolute atomic E-state index is 0.140. The standard InChI is InChI=1S/C20H23N3O4S2/c1-13-11-15-12-14(9-10-17(15)23(13)29(4,26)27)19(24)21-16-7-5-6-8-18(16)28-20(25)22(2)3/h5-10,12-13H,11H2,1-4H3,(H,21,24). The summed E-state index contributed by atoms with van der Waals surface area (Å²) < 4.78 is 25.5. The molecule has 0 bridgehead atoms. The Morgan fingerprint density at radius 3 is 2.52 bits per heavy atom. The second-order valence-electron chi connectivity index (χ2n) is 7.17. The van der Waals surface area contributed by atoms with Crippen molar-refractivity contribution in [3.05, 3.63) is 53.6 Å². The van der Waals surface area contributed by atoms with Crippen molar-refractivity contribution >= 4 is 44.3 Å². The molecule has 1 unspecified atom stereocenters. The van der Waals surface area contributed by atoms with Gasteiger partial charge in [0.05, 0.1) is 17.6 Å². The Kier molecular flexibility index (Phi) is 5.90. The number of benzene rings is 2. The fourth-order valence-corrected chi connectivity index (χ4v) is 5.30. The molecule has 0 aliphatic carbocycles. The zero-order chi connectivity index (χ0) is 21.3. The first-order valence-electron chi connectivity index (χ1n) is 9.00. The predicted octanol–water partition coefficient (Wildman–Crippen LogP) is 3.42. The van der Waals surface area contributed by atoms with Gasteiger partial charge in [-0.2, -0.15) is 0 Å². The van der Waals surface area contributed by atoms with Crippen LogP contribution in [0, 0.1) is 0 Å². The number of para-hydroxylation sites is 1. The van der Waals surface area contributed by atoms with Gasteiger partial charge >= 0.3 is 0 Å². The molecule has 1 N–H and O–H groups in total. The largest absolute Gasteiger partial charge is 0.339 e. The van der Waals surface area contributed by atoms with E-state index in [0.29, 0.717) is 28.3 Å².